The Morgan fingerprint density at radius 3 is 2.26 bits per heavy atom. The molecule has 0 fully saturated rings. The van der Waals surface area contributed by atoms with Gasteiger partial charge in [-0.05, 0) is 59.3 Å². The molecule has 1 heterocycles. The van der Waals surface area contributed by atoms with Gasteiger partial charge in [0.15, 0.2) is 0 Å². The molecule has 1 aliphatic rings. The maximum absolute atomic E-state index is 14.7. The Bertz CT molecular complexity index is 1230. The summed E-state index contributed by atoms with van der Waals surface area (Å²) in [6.45, 7) is 0. The highest BCUT2D eigenvalue weighted by molar-refractivity contribution is 7.98. The second kappa shape index (κ2) is 9.19. The quantitative estimate of drug-likeness (QED) is 0.251. The predicted molar refractivity (Wildman–Crippen MR) is 123 cm³/mol. The summed E-state index contributed by atoms with van der Waals surface area (Å²) < 4.78 is 82.3. The molecular weight excluding hydrogens is 498 g/mol. The maximum atomic E-state index is 14.7. The van der Waals surface area contributed by atoms with Gasteiger partial charge in [0.05, 0.1) is 11.7 Å². The van der Waals surface area contributed by atoms with Crippen LogP contribution in [0.5, 0.6) is 0 Å². The number of halogens is 7. The lowest BCUT2D eigenvalue weighted by atomic mass is 9.95. The summed E-state index contributed by atoms with van der Waals surface area (Å²) in [5.74, 6) is -6.05. The van der Waals surface area contributed by atoms with Crippen molar-refractivity contribution in [2.75, 3.05) is 11.3 Å². The van der Waals surface area contributed by atoms with Crippen LogP contribution in [0.4, 0.5) is 32.0 Å². The Kier molecular flexibility index (Phi) is 6.61. The van der Waals surface area contributed by atoms with Crippen molar-refractivity contribution in [2.45, 2.75) is 29.5 Å². The number of hydrogen-bond donors (Lipinski definition) is 0. The van der Waals surface area contributed by atoms with E-state index in [1.165, 1.54) is 12.1 Å². The van der Waals surface area contributed by atoms with Gasteiger partial charge in [-0.2, -0.15) is 27.1 Å². The second-order valence-electron chi connectivity index (χ2n) is 7.63. The van der Waals surface area contributed by atoms with Crippen molar-refractivity contribution in [3.63, 3.8) is 0 Å². The molecule has 3 aromatic carbocycles. The fraction of sp³-hybridized carbons (Fsp3) is 0.208. The highest BCUT2D eigenvalue weighted by atomic mass is 35.5. The highest BCUT2D eigenvalue weighted by Crippen LogP contribution is 2.45. The van der Waals surface area contributed by atoms with Gasteiger partial charge in [-0.25, -0.2) is 4.39 Å². The number of nitrogens with zero attached hydrogens (tertiary/aromatic N) is 2. The Labute approximate surface area is 201 Å². The molecule has 0 aromatic heterocycles. The molecule has 4 rings (SSSR count). The first kappa shape index (κ1) is 24.5. The molecule has 34 heavy (non-hydrogen) atoms. The van der Waals surface area contributed by atoms with Gasteiger partial charge in [0.1, 0.15) is 11.5 Å². The zero-order valence-electron chi connectivity index (χ0n) is 17.6. The number of anilines is 1. The molecule has 1 aliphatic heterocycles. The first-order valence-corrected chi connectivity index (χ1v) is 11.6. The number of rotatable bonds is 5. The van der Waals surface area contributed by atoms with E-state index in [-0.39, 0.29) is 10.7 Å². The van der Waals surface area contributed by atoms with E-state index in [1.807, 2.05) is 30.5 Å². The summed E-state index contributed by atoms with van der Waals surface area (Å²) in [5, 5.41) is 4.49. The van der Waals surface area contributed by atoms with Crippen molar-refractivity contribution in [3.05, 3.63) is 83.1 Å². The molecule has 2 nitrogen and oxygen atoms in total. The molecule has 10 heteroatoms. The van der Waals surface area contributed by atoms with Crippen LogP contribution in [0.15, 0.2) is 76.7 Å². The highest BCUT2D eigenvalue weighted by Gasteiger charge is 2.63. The molecule has 0 amide bonds. The minimum atomic E-state index is -5.83. The summed E-state index contributed by atoms with van der Waals surface area (Å²) in [6, 6.07) is 16.7. The van der Waals surface area contributed by atoms with E-state index < -0.39 is 36.1 Å². The van der Waals surface area contributed by atoms with Gasteiger partial charge in [-0.3, -0.25) is 5.01 Å². The Morgan fingerprint density at radius 2 is 1.65 bits per heavy atom. The van der Waals surface area contributed by atoms with Gasteiger partial charge >= 0.3 is 12.1 Å². The predicted octanol–water partition coefficient (Wildman–Crippen LogP) is 8.37. The van der Waals surface area contributed by atoms with E-state index in [0.717, 1.165) is 27.1 Å². The van der Waals surface area contributed by atoms with Gasteiger partial charge in [0, 0.05) is 16.3 Å². The van der Waals surface area contributed by atoms with Crippen LogP contribution < -0.4 is 5.01 Å². The lowest BCUT2D eigenvalue weighted by molar-refractivity contribution is -0.249. The lowest BCUT2D eigenvalue weighted by Crippen LogP contribution is -2.43. The van der Waals surface area contributed by atoms with E-state index in [0.29, 0.717) is 5.56 Å². The lowest BCUT2D eigenvalue weighted by Gasteiger charge is -2.25. The van der Waals surface area contributed by atoms with E-state index in [9.17, 15) is 26.3 Å². The van der Waals surface area contributed by atoms with Crippen LogP contribution in [-0.4, -0.2) is 24.1 Å². The van der Waals surface area contributed by atoms with Gasteiger partial charge in [-0.1, -0.05) is 41.9 Å². The molecule has 0 N–H and O–H groups in total. The molecule has 0 saturated heterocycles. The van der Waals surface area contributed by atoms with Gasteiger partial charge in [-0.15, -0.1) is 11.8 Å². The first-order valence-electron chi connectivity index (χ1n) is 10.0. The SMILES string of the molecule is CSc1ccc(-c2cccc(C3CC(C(F)(F)C(F)(F)F)=NN3c3ccc(Cl)cc3F)c2)cc1. The third-order valence-corrected chi connectivity index (χ3v) is 6.46. The Hall–Kier alpha value is -2.65. The fourth-order valence-electron chi connectivity index (χ4n) is 3.72. The van der Waals surface area contributed by atoms with Crippen LogP contribution in [0.25, 0.3) is 11.1 Å². The second-order valence-corrected chi connectivity index (χ2v) is 8.95. The molecule has 3 aromatic rings. The number of hydrogen-bond acceptors (Lipinski definition) is 3. The topological polar surface area (TPSA) is 15.6 Å². The van der Waals surface area contributed by atoms with Gasteiger partial charge < -0.3 is 0 Å². The molecule has 0 radical (unpaired) electrons. The van der Waals surface area contributed by atoms with E-state index in [4.69, 9.17) is 11.6 Å². The van der Waals surface area contributed by atoms with Crippen LogP contribution in [0.2, 0.25) is 5.02 Å². The van der Waals surface area contributed by atoms with Crippen molar-refractivity contribution in [3.8, 4) is 11.1 Å². The van der Waals surface area contributed by atoms with Crippen LogP contribution in [0, 0.1) is 5.82 Å². The third kappa shape index (κ3) is 4.63. The van der Waals surface area contributed by atoms with Crippen molar-refractivity contribution in [1.82, 2.24) is 0 Å². The molecule has 1 unspecified atom stereocenters. The molecule has 1 atom stereocenters. The molecule has 0 aliphatic carbocycles. The number of thioether (sulfide) groups is 1. The van der Waals surface area contributed by atoms with Gasteiger partial charge in [0.2, 0.25) is 0 Å². The average molecular weight is 515 g/mol. The number of hydrazone groups is 1. The van der Waals surface area contributed by atoms with E-state index >= 15 is 0 Å². The summed E-state index contributed by atoms with van der Waals surface area (Å²) >= 11 is 7.35. The summed E-state index contributed by atoms with van der Waals surface area (Å²) in [5.41, 5.74) is 0.352. The summed E-state index contributed by atoms with van der Waals surface area (Å²) in [6.07, 6.45) is -4.62. The average Bonchev–Trinajstić information content (AvgIpc) is 3.24. The Morgan fingerprint density at radius 1 is 0.941 bits per heavy atom. The molecule has 178 valence electrons. The zero-order chi connectivity index (χ0) is 24.7. The van der Waals surface area contributed by atoms with Crippen LogP contribution in [-0.2, 0) is 0 Å². The standard InChI is InChI=1S/C24H17ClF6N2S/c1-34-18-8-5-14(6-9-18)15-3-2-4-16(11-15)21-13-22(23(27,28)24(29,30)31)32-33(21)20-10-7-17(25)12-19(20)26/h2-12,21H,13H2,1H3. The number of alkyl halides is 5. The van der Waals surface area contributed by atoms with Gasteiger partial charge in [0.25, 0.3) is 0 Å². The van der Waals surface area contributed by atoms with Crippen LogP contribution in [0.3, 0.4) is 0 Å². The molecular formula is C24H17ClF6N2S. The Balaban J connectivity index is 1.77. The van der Waals surface area contributed by atoms with Crippen molar-refractivity contribution >= 4 is 34.8 Å². The van der Waals surface area contributed by atoms with Crippen molar-refractivity contribution in [2.24, 2.45) is 5.10 Å². The summed E-state index contributed by atoms with van der Waals surface area (Å²) in [4.78, 5) is 1.05. The minimum Gasteiger partial charge on any atom is -0.255 e. The monoisotopic (exact) mass is 514 g/mol. The van der Waals surface area contributed by atoms with Crippen LogP contribution >= 0.6 is 23.4 Å². The molecule has 0 bridgehead atoms. The van der Waals surface area contributed by atoms with Crippen molar-refractivity contribution < 1.29 is 26.3 Å². The number of benzene rings is 3. The first-order chi connectivity index (χ1) is 16.0. The molecule has 0 saturated carbocycles. The fourth-order valence-corrected chi connectivity index (χ4v) is 4.29. The largest absolute Gasteiger partial charge is 0.459 e. The van der Waals surface area contributed by atoms with Crippen LogP contribution in [0.1, 0.15) is 18.0 Å². The smallest absolute Gasteiger partial charge is 0.255 e. The summed E-state index contributed by atoms with van der Waals surface area (Å²) in [7, 11) is 0. The maximum Gasteiger partial charge on any atom is 0.459 e. The molecule has 0 spiro atoms. The van der Waals surface area contributed by atoms with E-state index in [1.54, 1.807) is 36.0 Å². The zero-order valence-corrected chi connectivity index (χ0v) is 19.2. The normalized spacial score (nSPS) is 16.6. The van der Waals surface area contributed by atoms with E-state index in [2.05, 4.69) is 5.10 Å². The third-order valence-electron chi connectivity index (χ3n) is 5.48. The van der Waals surface area contributed by atoms with Crippen molar-refractivity contribution in [1.29, 1.82) is 0 Å². The minimum absolute atomic E-state index is 0.0532.